The van der Waals surface area contributed by atoms with Crippen LogP contribution >= 0.6 is 0 Å². The number of hydrazone groups is 1. The van der Waals surface area contributed by atoms with Crippen LogP contribution in [0.4, 0.5) is 0 Å². The molecule has 0 radical (unpaired) electrons. The topological polar surface area (TPSA) is 83.8 Å². The first-order valence-electron chi connectivity index (χ1n) is 6.79. The number of pyridine rings is 1. The molecule has 1 amide bonds. The molecule has 0 aliphatic rings. The maximum Gasteiger partial charge on any atom is 0.271 e. The minimum absolute atomic E-state index is 0.0491. The lowest BCUT2D eigenvalue weighted by Gasteiger charge is -2.05. The number of aryl methyl sites for hydroxylation is 1. The molecule has 0 unspecified atom stereocenters. The average Bonchev–Trinajstić information content (AvgIpc) is 2.56. The molecule has 2 N–H and O–H groups in total. The van der Waals surface area contributed by atoms with E-state index in [1.807, 2.05) is 6.92 Å². The number of ether oxygens (including phenoxy) is 1. The van der Waals surface area contributed by atoms with Crippen LogP contribution in [0.25, 0.3) is 0 Å². The van der Waals surface area contributed by atoms with Gasteiger partial charge in [-0.2, -0.15) is 5.10 Å². The van der Waals surface area contributed by atoms with Crippen molar-refractivity contribution in [2.45, 2.75) is 13.3 Å². The zero-order valence-corrected chi connectivity index (χ0v) is 12.4. The highest BCUT2D eigenvalue weighted by Gasteiger charge is 2.09. The summed E-state index contributed by atoms with van der Waals surface area (Å²) in [6, 6.07) is 6.44. The molecule has 114 valence electrons. The molecule has 0 aliphatic heterocycles. The molecule has 0 saturated carbocycles. The predicted octanol–water partition coefficient (Wildman–Crippen LogP) is 2.12. The summed E-state index contributed by atoms with van der Waals surface area (Å²) in [4.78, 5) is 16.1. The number of nitrogens with one attached hydrogen (secondary N) is 1. The molecule has 0 spiro atoms. The Morgan fingerprint density at radius 1 is 1.45 bits per heavy atom. The van der Waals surface area contributed by atoms with Crippen molar-refractivity contribution in [2.24, 2.45) is 5.10 Å². The SMILES string of the molecule is CCc1cnccc1C(=O)N/N=C/c1ccc(O)c(OC)c1. The van der Waals surface area contributed by atoms with Gasteiger partial charge in [0.25, 0.3) is 5.91 Å². The summed E-state index contributed by atoms with van der Waals surface area (Å²) >= 11 is 0. The van der Waals surface area contributed by atoms with Gasteiger partial charge in [0.2, 0.25) is 0 Å². The van der Waals surface area contributed by atoms with E-state index in [0.717, 1.165) is 12.0 Å². The van der Waals surface area contributed by atoms with Crippen LogP contribution in [-0.2, 0) is 6.42 Å². The highest BCUT2D eigenvalue weighted by atomic mass is 16.5. The third-order valence-corrected chi connectivity index (χ3v) is 3.11. The van der Waals surface area contributed by atoms with E-state index in [0.29, 0.717) is 16.9 Å². The lowest BCUT2D eigenvalue weighted by atomic mass is 10.1. The third kappa shape index (κ3) is 3.60. The number of nitrogens with zero attached hydrogens (tertiary/aromatic N) is 2. The fourth-order valence-electron chi connectivity index (χ4n) is 1.93. The van der Waals surface area contributed by atoms with Crippen molar-refractivity contribution < 1.29 is 14.6 Å². The second kappa shape index (κ2) is 7.21. The van der Waals surface area contributed by atoms with Gasteiger partial charge in [-0.25, -0.2) is 5.43 Å². The number of hydrogen-bond acceptors (Lipinski definition) is 5. The Bertz CT molecular complexity index is 699. The number of aromatic nitrogens is 1. The first kappa shape index (κ1) is 15.5. The fraction of sp³-hybridized carbons (Fsp3) is 0.188. The zero-order valence-electron chi connectivity index (χ0n) is 12.4. The minimum Gasteiger partial charge on any atom is -0.504 e. The van der Waals surface area contributed by atoms with Crippen molar-refractivity contribution in [3.63, 3.8) is 0 Å². The number of methoxy groups -OCH3 is 1. The van der Waals surface area contributed by atoms with E-state index < -0.39 is 0 Å². The molecule has 6 heteroatoms. The van der Waals surface area contributed by atoms with Gasteiger partial charge in [-0.3, -0.25) is 9.78 Å². The third-order valence-electron chi connectivity index (χ3n) is 3.11. The highest BCUT2D eigenvalue weighted by Crippen LogP contribution is 2.25. The predicted molar refractivity (Wildman–Crippen MR) is 83.3 cm³/mol. The number of carbonyl (C=O) groups excluding carboxylic acids is 1. The van der Waals surface area contributed by atoms with E-state index in [2.05, 4.69) is 15.5 Å². The van der Waals surface area contributed by atoms with Crippen LogP contribution in [0.3, 0.4) is 0 Å². The largest absolute Gasteiger partial charge is 0.504 e. The van der Waals surface area contributed by atoms with Crippen molar-refractivity contribution in [1.82, 2.24) is 10.4 Å². The van der Waals surface area contributed by atoms with E-state index >= 15 is 0 Å². The number of benzene rings is 1. The van der Waals surface area contributed by atoms with Gasteiger partial charge in [-0.1, -0.05) is 6.92 Å². The molecule has 0 atom stereocenters. The van der Waals surface area contributed by atoms with E-state index in [4.69, 9.17) is 4.74 Å². The van der Waals surface area contributed by atoms with Crippen LogP contribution in [0.15, 0.2) is 41.8 Å². The maximum atomic E-state index is 12.1. The molecule has 1 aromatic carbocycles. The Labute approximate surface area is 128 Å². The monoisotopic (exact) mass is 299 g/mol. The molecule has 0 fully saturated rings. The Balaban J connectivity index is 2.07. The van der Waals surface area contributed by atoms with Gasteiger partial charge in [-0.05, 0) is 41.8 Å². The Morgan fingerprint density at radius 2 is 2.27 bits per heavy atom. The molecule has 0 saturated heterocycles. The molecule has 22 heavy (non-hydrogen) atoms. The van der Waals surface area contributed by atoms with Crippen LogP contribution in [0.1, 0.15) is 28.4 Å². The van der Waals surface area contributed by atoms with Gasteiger partial charge in [0.05, 0.1) is 13.3 Å². The lowest BCUT2D eigenvalue weighted by molar-refractivity contribution is 0.0954. The van der Waals surface area contributed by atoms with E-state index in [-0.39, 0.29) is 11.7 Å². The number of aromatic hydroxyl groups is 1. The smallest absolute Gasteiger partial charge is 0.271 e. The van der Waals surface area contributed by atoms with Crippen LogP contribution in [-0.4, -0.2) is 29.3 Å². The van der Waals surface area contributed by atoms with Crippen molar-refractivity contribution in [2.75, 3.05) is 7.11 Å². The number of rotatable bonds is 5. The number of hydrogen-bond donors (Lipinski definition) is 2. The first-order chi connectivity index (χ1) is 10.7. The van der Waals surface area contributed by atoms with Gasteiger partial charge in [0, 0.05) is 18.0 Å². The number of phenolic OH excluding ortho intramolecular Hbond substituents is 1. The molecule has 1 aromatic heterocycles. The van der Waals surface area contributed by atoms with Crippen LogP contribution in [0.5, 0.6) is 11.5 Å². The molecule has 2 aromatic rings. The summed E-state index contributed by atoms with van der Waals surface area (Å²) in [5, 5.41) is 13.4. The maximum absolute atomic E-state index is 12.1. The molecule has 6 nitrogen and oxygen atoms in total. The number of phenols is 1. The van der Waals surface area contributed by atoms with Crippen molar-refractivity contribution >= 4 is 12.1 Å². The van der Waals surface area contributed by atoms with Crippen LogP contribution < -0.4 is 10.2 Å². The second-order valence-electron chi connectivity index (χ2n) is 4.52. The summed E-state index contributed by atoms with van der Waals surface area (Å²) in [6.07, 6.45) is 5.44. The summed E-state index contributed by atoms with van der Waals surface area (Å²) in [5.41, 5.74) is 4.58. The Morgan fingerprint density at radius 3 is 3.00 bits per heavy atom. The normalized spacial score (nSPS) is 10.6. The first-order valence-corrected chi connectivity index (χ1v) is 6.79. The van der Waals surface area contributed by atoms with Crippen molar-refractivity contribution in [3.05, 3.63) is 53.3 Å². The molecular weight excluding hydrogens is 282 g/mol. The highest BCUT2D eigenvalue weighted by molar-refractivity contribution is 5.96. The zero-order chi connectivity index (χ0) is 15.9. The summed E-state index contributed by atoms with van der Waals surface area (Å²) in [5.74, 6) is 0.104. The lowest BCUT2D eigenvalue weighted by Crippen LogP contribution is -2.19. The van der Waals surface area contributed by atoms with E-state index in [1.165, 1.54) is 19.4 Å². The van der Waals surface area contributed by atoms with Gasteiger partial charge >= 0.3 is 0 Å². The molecule has 1 heterocycles. The van der Waals surface area contributed by atoms with Crippen molar-refractivity contribution in [3.8, 4) is 11.5 Å². The molecular formula is C16H17N3O3. The van der Waals surface area contributed by atoms with E-state index in [9.17, 15) is 9.90 Å². The molecule has 0 bridgehead atoms. The van der Waals surface area contributed by atoms with Gasteiger partial charge in [-0.15, -0.1) is 0 Å². The van der Waals surface area contributed by atoms with Crippen LogP contribution in [0, 0.1) is 0 Å². The average molecular weight is 299 g/mol. The van der Waals surface area contributed by atoms with E-state index in [1.54, 1.807) is 30.6 Å². The Hall–Kier alpha value is -2.89. The minimum atomic E-state index is -0.291. The summed E-state index contributed by atoms with van der Waals surface area (Å²) in [6.45, 7) is 1.96. The number of carbonyl (C=O) groups is 1. The van der Waals surface area contributed by atoms with Crippen LogP contribution in [0.2, 0.25) is 0 Å². The van der Waals surface area contributed by atoms with Gasteiger partial charge < -0.3 is 9.84 Å². The summed E-state index contributed by atoms with van der Waals surface area (Å²) < 4.78 is 5.01. The van der Waals surface area contributed by atoms with Gasteiger partial charge in [0.15, 0.2) is 11.5 Å². The fourth-order valence-corrected chi connectivity index (χ4v) is 1.93. The van der Waals surface area contributed by atoms with Crippen molar-refractivity contribution in [1.29, 1.82) is 0 Å². The quantitative estimate of drug-likeness (QED) is 0.654. The second-order valence-corrected chi connectivity index (χ2v) is 4.52. The van der Waals surface area contributed by atoms with Gasteiger partial charge in [0.1, 0.15) is 0 Å². The molecule has 0 aliphatic carbocycles. The standard InChI is InChI=1S/C16H17N3O3/c1-3-12-10-17-7-6-13(12)16(21)19-18-9-11-4-5-14(20)15(8-11)22-2/h4-10,20H,3H2,1-2H3,(H,19,21)/b18-9+. The molecule has 2 rings (SSSR count). The Kier molecular flexibility index (Phi) is 5.08. The summed E-state index contributed by atoms with van der Waals surface area (Å²) in [7, 11) is 1.47. The number of amides is 1.